The molecule has 0 aromatic carbocycles. The number of nitrogens with one attached hydrogen (secondary N) is 1. The van der Waals surface area contributed by atoms with Gasteiger partial charge >= 0.3 is 5.97 Å². The first-order valence-electron chi connectivity index (χ1n) is 5.54. The van der Waals surface area contributed by atoms with Crippen LogP contribution in [-0.2, 0) is 6.42 Å². The summed E-state index contributed by atoms with van der Waals surface area (Å²) in [6.45, 7) is 0.391. The molecule has 0 unspecified atom stereocenters. The number of hydrogen-bond acceptors (Lipinski definition) is 5. The lowest BCUT2D eigenvalue weighted by atomic mass is 10.3. The van der Waals surface area contributed by atoms with Crippen molar-refractivity contribution in [3.63, 3.8) is 0 Å². The van der Waals surface area contributed by atoms with Crippen molar-refractivity contribution in [1.82, 2.24) is 15.3 Å². The molecule has 19 heavy (non-hydrogen) atoms. The second-order valence-corrected chi connectivity index (χ2v) is 4.60. The molecule has 2 aromatic rings. The predicted octanol–water partition coefficient (Wildman–Crippen LogP) is 1.21. The van der Waals surface area contributed by atoms with Crippen LogP contribution in [-0.4, -0.2) is 33.5 Å². The van der Waals surface area contributed by atoms with Crippen LogP contribution in [0.4, 0.5) is 0 Å². The molecule has 0 aliphatic heterocycles. The van der Waals surface area contributed by atoms with Crippen LogP contribution in [0.3, 0.4) is 0 Å². The lowest BCUT2D eigenvalue weighted by Gasteiger charge is -2.02. The van der Waals surface area contributed by atoms with E-state index in [0.717, 1.165) is 0 Å². The molecular weight excluding hydrogens is 266 g/mol. The van der Waals surface area contributed by atoms with Gasteiger partial charge in [-0.25, -0.2) is 9.78 Å². The van der Waals surface area contributed by atoms with E-state index in [0.29, 0.717) is 23.7 Å². The first-order chi connectivity index (χ1) is 9.16. The highest BCUT2D eigenvalue weighted by atomic mass is 32.1. The highest BCUT2D eigenvalue weighted by Gasteiger charge is 2.09. The van der Waals surface area contributed by atoms with Crippen molar-refractivity contribution in [1.29, 1.82) is 0 Å². The van der Waals surface area contributed by atoms with Crippen LogP contribution in [0.15, 0.2) is 29.8 Å². The van der Waals surface area contributed by atoms with Gasteiger partial charge < -0.3 is 10.4 Å². The van der Waals surface area contributed by atoms with E-state index >= 15 is 0 Å². The molecule has 0 radical (unpaired) electrons. The zero-order valence-corrected chi connectivity index (χ0v) is 10.7. The summed E-state index contributed by atoms with van der Waals surface area (Å²) >= 11 is 1.27. The van der Waals surface area contributed by atoms with Gasteiger partial charge in [0.1, 0.15) is 5.69 Å². The normalized spacial score (nSPS) is 10.1. The summed E-state index contributed by atoms with van der Waals surface area (Å²) in [5.41, 5.74) is 0.393. The van der Waals surface area contributed by atoms with E-state index in [1.54, 1.807) is 24.4 Å². The van der Waals surface area contributed by atoms with E-state index in [9.17, 15) is 9.59 Å². The predicted molar refractivity (Wildman–Crippen MR) is 69.3 cm³/mol. The lowest BCUT2D eigenvalue weighted by Crippen LogP contribution is -2.26. The smallest absolute Gasteiger partial charge is 0.355 e. The number of aromatic carboxylic acids is 1. The summed E-state index contributed by atoms with van der Waals surface area (Å²) < 4.78 is 0. The van der Waals surface area contributed by atoms with Crippen LogP contribution in [0.1, 0.15) is 26.0 Å². The van der Waals surface area contributed by atoms with Crippen molar-refractivity contribution < 1.29 is 14.7 Å². The minimum absolute atomic E-state index is 0.0380. The van der Waals surface area contributed by atoms with E-state index in [1.165, 1.54) is 16.7 Å². The summed E-state index contributed by atoms with van der Waals surface area (Å²) in [4.78, 5) is 30.2. The SMILES string of the molecule is O=C(O)c1csc(CCNC(=O)c2ccccn2)n1. The van der Waals surface area contributed by atoms with Gasteiger partial charge in [-0.15, -0.1) is 11.3 Å². The molecule has 1 amide bonds. The maximum atomic E-state index is 11.7. The Morgan fingerprint density at radius 1 is 1.32 bits per heavy atom. The molecule has 0 aliphatic rings. The molecule has 0 bridgehead atoms. The van der Waals surface area contributed by atoms with E-state index in [-0.39, 0.29) is 11.6 Å². The fourth-order valence-electron chi connectivity index (χ4n) is 1.39. The molecule has 98 valence electrons. The van der Waals surface area contributed by atoms with Gasteiger partial charge in [0.05, 0.1) is 5.01 Å². The molecule has 7 heteroatoms. The largest absolute Gasteiger partial charge is 0.476 e. The van der Waals surface area contributed by atoms with Crippen LogP contribution in [0.2, 0.25) is 0 Å². The third kappa shape index (κ3) is 3.59. The Labute approximate surface area is 113 Å². The molecule has 0 atom stereocenters. The number of carboxylic acids is 1. The van der Waals surface area contributed by atoms with Crippen LogP contribution >= 0.6 is 11.3 Å². The average Bonchev–Trinajstić information content (AvgIpc) is 2.89. The Balaban J connectivity index is 1.83. The van der Waals surface area contributed by atoms with E-state index < -0.39 is 5.97 Å². The number of amides is 1. The van der Waals surface area contributed by atoms with Crippen molar-refractivity contribution in [3.8, 4) is 0 Å². The van der Waals surface area contributed by atoms with Gasteiger partial charge in [0, 0.05) is 24.5 Å². The first-order valence-corrected chi connectivity index (χ1v) is 6.41. The Hall–Kier alpha value is -2.28. The van der Waals surface area contributed by atoms with Gasteiger partial charge in [-0.3, -0.25) is 9.78 Å². The average molecular weight is 277 g/mol. The Kier molecular flexibility index (Phi) is 4.19. The van der Waals surface area contributed by atoms with Gasteiger partial charge in [0.15, 0.2) is 5.69 Å². The topological polar surface area (TPSA) is 92.2 Å². The fraction of sp³-hybridized carbons (Fsp3) is 0.167. The Morgan fingerprint density at radius 3 is 2.79 bits per heavy atom. The number of nitrogens with zero attached hydrogens (tertiary/aromatic N) is 2. The molecule has 0 spiro atoms. The molecule has 0 saturated heterocycles. The minimum atomic E-state index is -1.04. The number of rotatable bonds is 5. The summed E-state index contributed by atoms with van der Waals surface area (Å²) in [7, 11) is 0. The van der Waals surface area contributed by atoms with Gasteiger partial charge in [-0.05, 0) is 12.1 Å². The Bertz CT molecular complexity index is 583. The van der Waals surface area contributed by atoms with Gasteiger partial charge in [0.2, 0.25) is 0 Å². The van der Waals surface area contributed by atoms with E-state index in [1.807, 2.05) is 0 Å². The number of carbonyl (C=O) groups excluding carboxylic acids is 1. The lowest BCUT2D eigenvalue weighted by molar-refractivity contribution is 0.0690. The quantitative estimate of drug-likeness (QED) is 0.857. The second-order valence-electron chi connectivity index (χ2n) is 3.65. The second kappa shape index (κ2) is 6.05. The number of carbonyl (C=O) groups is 2. The highest BCUT2D eigenvalue weighted by molar-refractivity contribution is 7.09. The molecule has 2 heterocycles. The zero-order valence-electron chi connectivity index (χ0n) is 9.87. The summed E-state index contributed by atoms with van der Waals surface area (Å²) in [6, 6.07) is 5.10. The molecule has 6 nitrogen and oxygen atoms in total. The van der Waals surface area contributed by atoms with Crippen molar-refractivity contribution in [2.45, 2.75) is 6.42 Å². The van der Waals surface area contributed by atoms with Gasteiger partial charge in [-0.1, -0.05) is 6.07 Å². The van der Waals surface area contributed by atoms with Crippen molar-refractivity contribution >= 4 is 23.2 Å². The van der Waals surface area contributed by atoms with E-state index in [2.05, 4.69) is 15.3 Å². The van der Waals surface area contributed by atoms with Crippen molar-refractivity contribution in [2.24, 2.45) is 0 Å². The monoisotopic (exact) mass is 277 g/mol. The summed E-state index contributed by atoms with van der Waals surface area (Å²) in [5, 5.41) is 13.6. The molecule has 0 aliphatic carbocycles. The van der Waals surface area contributed by atoms with Crippen LogP contribution < -0.4 is 5.32 Å². The van der Waals surface area contributed by atoms with Gasteiger partial charge in [0.25, 0.3) is 5.91 Å². The van der Waals surface area contributed by atoms with Crippen LogP contribution in [0.5, 0.6) is 0 Å². The maximum absolute atomic E-state index is 11.7. The van der Waals surface area contributed by atoms with E-state index in [4.69, 9.17) is 5.11 Å². The maximum Gasteiger partial charge on any atom is 0.355 e. The molecule has 2 aromatic heterocycles. The van der Waals surface area contributed by atoms with Gasteiger partial charge in [-0.2, -0.15) is 0 Å². The zero-order chi connectivity index (χ0) is 13.7. The van der Waals surface area contributed by atoms with Crippen molar-refractivity contribution in [3.05, 3.63) is 46.2 Å². The third-order valence-electron chi connectivity index (χ3n) is 2.29. The first kappa shape index (κ1) is 13.2. The molecule has 2 rings (SSSR count). The number of carboxylic acid groups (broad SMARTS) is 1. The summed E-state index contributed by atoms with van der Waals surface area (Å²) in [5.74, 6) is -1.30. The molecule has 0 saturated carbocycles. The summed E-state index contributed by atoms with van der Waals surface area (Å²) in [6.07, 6.45) is 2.05. The number of aromatic nitrogens is 2. The van der Waals surface area contributed by atoms with Crippen LogP contribution in [0.25, 0.3) is 0 Å². The van der Waals surface area contributed by atoms with Crippen LogP contribution in [0, 0.1) is 0 Å². The molecule has 2 N–H and O–H groups in total. The fourth-order valence-corrected chi connectivity index (χ4v) is 2.17. The highest BCUT2D eigenvalue weighted by Crippen LogP contribution is 2.09. The minimum Gasteiger partial charge on any atom is -0.476 e. The number of pyridine rings is 1. The number of thiazole rings is 1. The third-order valence-corrected chi connectivity index (χ3v) is 3.20. The number of hydrogen-bond donors (Lipinski definition) is 2. The Morgan fingerprint density at radius 2 is 2.16 bits per heavy atom. The molecule has 0 fully saturated rings. The molecular formula is C12H11N3O3S. The standard InChI is InChI=1S/C12H11N3O3S/c16-11(8-3-1-2-5-13-8)14-6-4-10-15-9(7-19-10)12(17)18/h1-3,5,7H,4,6H2,(H,14,16)(H,17,18). The van der Waals surface area contributed by atoms with Crippen molar-refractivity contribution in [2.75, 3.05) is 6.54 Å².